The van der Waals surface area contributed by atoms with E-state index in [1.165, 1.54) is 4.31 Å². The molecule has 2 rings (SSSR count). The van der Waals surface area contributed by atoms with Crippen molar-refractivity contribution in [3.05, 3.63) is 29.3 Å². The third kappa shape index (κ3) is 4.26. The van der Waals surface area contributed by atoms with Crippen LogP contribution >= 0.6 is 0 Å². The highest BCUT2D eigenvalue weighted by molar-refractivity contribution is 7.86. The maximum atomic E-state index is 12.1. The molecule has 0 radical (unpaired) electrons. The number of piperazine rings is 1. The maximum Gasteiger partial charge on any atom is 0.276 e. The second-order valence-corrected chi connectivity index (χ2v) is 7.06. The number of nitrogens with one attached hydrogen (secondary N) is 1. The monoisotopic (exact) mass is 326 g/mol. The van der Waals surface area contributed by atoms with E-state index in [9.17, 15) is 13.2 Å². The van der Waals surface area contributed by atoms with Crippen LogP contribution in [0.2, 0.25) is 0 Å². The molecule has 0 aliphatic carbocycles. The van der Waals surface area contributed by atoms with Crippen LogP contribution < -0.4 is 10.5 Å². The van der Waals surface area contributed by atoms with Gasteiger partial charge in [0.05, 0.1) is 6.54 Å². The Kier molecular flexibility index (Phi) is 5.17. The second kappa shape index (κ2) is 6.74. The lowest BCUT2D eigenvalue weighted by atomic mass is 10.1. The van der Waals surface area contributed by atoms with Crippen molar-refractivity contribution >= 4 is 21.8 Å². The summed E-state index contributed by atoms with van der Waals surface area (Å²) in [5, 5.41) is 7.99. The predicted molar refractivity (Wildman–Crippen MR) is 85.7 cm³/mol. The molecule has 1 fully saturated rings. The summed E-state index contributed by atoms with van der Waals surface area (Å²) < 4.78 is 23.7. The van der Waals surface area contributed by atoms with Crippen LogP contribution in [0, 0.1) is 13.8 Å². The van der Waals surface area contributed by atoms with Gasteiger partial charge in [0, 0.05) is 31.9 Å². The molecule has 1 amide bonds. The average molecular weight is 326 g/mol. The summed E-state index contributed by atoms with van der Waals surface area (Å²) in [6.45, 7) is 5.83. The summed E-state index contributed by atoms with van der Waals surface area (Å²) in [5.74, 6) is -0.0993. The SMILES string of the molecule is Cc1cccc(NC(=O)CN2CCN(S(N)(=O)=O)CC2)c1C. The molecule has 1 aromatic rings. The lowest BCUT2D eigenvalue weighted by molar-refractivity contribution is -0.117. The molecule has 0 bridgehead atoms. The van der Waals surface area contributed by atoms with Gasteiger partial charge < -0.3 is 5.32 Å². The van der Waals surface area contributed by atoms with Crippen LogP contribution in [0.3, 0.4) is 0 Å². The number of anilines is 1. The molecule has 1 saturated heterocycles. The average Bonchev–Trinajstić information content (AvgIpc) is 2.43. The van der Waals surface area contributed by atoms with E-state index in [1.807, 2.05) is 36.9 Å². The summed E-state index contributed by atoms with van der Waals surface area (Å²) >= 11 is 0. The Hall–Kier alpha value is -1.48. The highest BCUT2D eigenvalue weighted by Crippen LogP contribution is 2.17. The number of hydrogen-bond donors (Lipinski definition) is 2. The van der Waals surface area contributed by atoms with Crippen LogP contribution in [0.25, 0.3) is 0 Å². The van der Waals surface area contributed by atoms with Gasteiger partial charge in [-0.3, -0.25) is 9.69 Å². The van der Waals surface area contributed by atoms with Crippen molar-refractivity contribution in [3.8, 4) is 0 Å². The van der Waals surface area contributed by atoms with Crippen LogP contribution in [0.4, 0.5) is 5.69 Å². The first-order valence-electron chi connectivity index (χ1n) is 7.13. The van der Waals surface area contributed by atoms with E-state index in [4.69, 9.17) is 5.14 Å². The minimum atomic E-state index is -3.63. The number of carbonyl (C=O) groups excluding carboxylic acids is 1. The van der Waals surface area contributed by atoms with E-state index in [0.29, 0.717) is 26.2 Å². The zero-order valence-corrected chi connectivity index (χ0v) is 13.7. The van der Waals surface area contributed by atoms with Crippen molar-refractivity contribution in [3.63, 3.8) is 0 Å². The molecular formula is C14H22N4O3S. The largest absolute Gasteiger partial charge is 0.325 e. The van der Waals surface area contributed by atoms with Gasteiger partial charge in [0.1, 0.15) is 0 Å². The van der Waals surface area contributed by atoms with Crippen molar-refractivity contribution in [2.24, 2.45) is 5.14 Å². The molecule has 1 aliphatic heterocycles. The Morgan fingerprint density at radius 1 is 1.23 bits per heavy atom. The lowest BCUT2D eigenvalue weighted by Gasteiger charge is -2.32. The third-order valence-corrected chi connectivity index (χ3v) is 5.02. The first kappa shape index (κ1) is 16.9. The Balaban J connectivity index is 1.87. The molecular weight excluding hydrogens is 304 g/mol. The first-order chi connectivity index (χ1) is 10.3. The van der Waals surface area contributed by atoms with Crippen LogP contribution in [-0.2, 0) is 15.0 Å². The van der Waals surface area contributed by atoms with Gasteiger partial charge >= 0.3 is 0 Å². The maximum absolute atomic E-state index is 12.1. The zero-order chi connectivity index (χ0) is 16.3. The standard InChI is InChI=1S/C14H22N4O3S/c1-11-4-3-5-13(12(11)2)16-14(19)10-17-6-8-18(9-7-17)22(15,20)21/h3-5H,6-10H2,1-2H3,(H,16,19)(H2,15,20,21). The van der Waals surface area contributed by atoms with Crippen molar-refractivity contribution in [1.82, 2.24) is 9.21 Å². The number of benzene rings is 1. The summed E-state index contributed by atoms with van der Waals surface area (Å²) in [4.78, 5) is 14.0. The quantitative estimate of drug-likeness (QED) is 0.818. The minimum absolute atomic E-state index is 0.0993. The van der Waals surface area contributed by atoms with Gasteiger partial charge in [-0.05, 0) is 31.0 Å². The van der Waals surface area contributed by atoms with E-state index in [0.717, 1.165) is 16.8 Å². The number of carbonyl (C=O) groups is 1. The summed E-state index contributed by atoms with van der Waals surface area (Å²) in [7, 11) is -3.63. The van der Waals surface area contributed by atoms with Gasteiger partial charge in [-0.25, -0.2) is 5.14 Å². The third-order valence-electron chi connectivity index (χ3n) is 3.94. The Bertz CT molecular complexity index is 652. The van der Waals surface area contributed by atoms with Crippen molar-refractivity contribution < 1.29 is 13.2 Å². The van der Waals surface area contributed by atoms with E-state index < -0.39 is 10.2 Å². The number of nitrogens with zero attached hydrogens (tertiary/aromatic N) is 2. The molecule has 0 aromatic heterocycles. The topological polar surface area (TPSA) is 95.7 Å². The van der Waals surface area contributed by atoms with Crippen LogP contribution in [0.1, 0.15) is 11.1 Å². The number of aryl methyl sites for hydroxylation is 1. The van der Waals surface area contributed by atoms with Crippen LogP contribution in [0.5, 0.6) is 0 Å². The summed E-state index contributed by atoms with van der Waals surface area (Å²) in [6, 6.07) is 5.78. The number of amides is 1. The number of rotatable bonds is 4. The van der Waals surface area contributed by atoms with Crippen LogP contribution in [0.15, 0.2) is 18.2 Å². The molecule has 1 aromatic carbocycles. The van der Waals surface area contributed by atoms with Gasteiger partial charge in [-0.2, -0.15) is 12.7 Å². The Morgan fingerprint density at radius 2 is 1.86 bits per heavy atom. The van der Waals surface area contributed by atoms with Crippen LogP contribution in [-0.4, -0.2) is 56.3 Å². The van der Waals surface area contributed by atoms with Crippen molar-refractivity contribution in [1.29, 1.82) is 0 Å². The van der Waals surface area contributed by atoms with Gasteiger partial charge in [-0.1, -0.05) is 12.1 Å². The van der Waals surface area contributed by atoms with Gasteiger partial charge in [-0.15, -0.1) is 0 Å². The molecule has 3 N–H and O–H groups in total. The van der Waals surface area contributed by atoms with Gasteiger partial charge in [0.25, 0.3) is 10.2 Å². The Labute approximate surface area is 131 Å². The Morgan fingerprint density at radius 3 is 2.45 bits per heavy atom. The number of nitrogens with two attached hydrogens (primary N) is 1. The first-order valence-corrected chi connectivity index (χ1v) is 8.64. The van der Waals surface area contributed by atoms with Gasteiger partial charge in [0.15, 0.2) is 0 Å². The molecule has 8 heteroatoms. The predicted octanol–water partition coefficient (Wildman–Crippen LogP) is 0.0630. The highest BCUT2D eigenvalue weighted by atomic mass is 32.2. The second-order valence-electron chi connectivity index (χ2n) is 5.52. The van der Waals surface area contributed by atoms with E-state index >= 15 is 0 Å². The number of hydrogen-bond acceptors (Lipinski definition) is 4. The van der Waals surface area contributed by atoms with Crippen molar-refractivity contribution in [2.75, 3.05) is 38.0 Å². The fraction of sp³-hybridized carbons (Fsp3) is 0.500. The molecule has 0 spiro atoms. The van der Waals surface area contributed by atoms with E-state index in [1.54, 1.807) is 0 Å². The fourth-order valence-electron chi connectivity index (χ4n) is 2.42. The summed E-state index contributed by atoms with van der Waals surface area (Å²) in [6.07, 6.45) is 0. The lowest BCUT2D eigenvalue weighted by Crippen LogP contribution is -2.52. The van der Waals surface area contributed by atoms with Gasteiger partial charge in [0.2, 0.25) is 5.91 Å². The van der Waals surface area contributed by atoms with Crippen molar-refractivity contribution in [2.45, 2.75) is 13.8 Å². The van der Waals surface area contributed by atoms with E-state index in [-0.39, 0.29) is 12.5 Å². The summed E-state index contributed by atoms with van der Waals surface area (Å²) in [5.41, 5.74) is 2.99. The minimum Gasteiger partial charge on any atom is -0.325 e. The highest BCUT2D eigenvalue weighted by Gasteiger charge is 2.24. The molecule has 0 atom stereocenters. The molecule has 22 heavy (non-hydrogen) atoms. The normalized spacial score (nSPS) is 17.4. The zero-order valence-electron chi connectivity index (χ0n) is 12.9. The van der Waals surface area contributed by atoms with E-state index in [2.05, 4.69) is 5.32 Å². The molecule has 1 heterocycles. The molecule has 7 nitrogen and oxygen atoms in total. The fourth-order valence-corrected chi connectivity index (χ4v) is 3.09. The molecule has 0 unspecified atom stereocenters. The molecule has 0 saturated carbocycles. The smallest absolute Gasteiger partial charge is 0.276 e. The molecule has 122 valence electrons. The molecule has 1 aliphatic rings.